The molecular weight excluding hydrogens is 427 g/mol. The van der Waals surface area contributed by atoms with Gasteiger partial charge in [0.15, 0.2) is 0 Å². The van der Waals surface area contributed by atoms with Gasteiger partial charge in [-0.25, -0.2) is 4.39 Å². The molecule has 8 nitrogen and oxygen atoms in total. The van der Waals surface area contributed by atoms with E-state index in [1.807, 2.05) is 6.92 Å². The lowest BCUT2D eigenvalue weighted by Gasteiger charge is -2.21. The van der Waals surface area contributed by atoms with Gasteiger partial charge in [0.2, 0.25) is 0 Å². The first-order valence-electron chi connectivity index (χ1n) is 10.4. The van der Waals surface area contributed by atoms with Crippen LogP contribution in [0.1, 0.15) is 28.5 Å². The molecule has 0 radical (unpaired) electrons. The molecule has 0 aliphatic carbocycles. The van der Waals surface area contributed by atoms with Gasteiger partial charge in [0, 0.05) is 35.8 Å². The highest BCUT2D eigenvalue weighted by molar-refractivity contribution is 5.95. The molecule has 2 N–H and O–H groups in total. The second kappa shape index (κ2) is 9.25. The lowest BCUT2D eigenvalue weighted by Crippen LogP contribution is -2.27. The minimum Gasteiger partial charge on any atom is -0.493 e. The van der Waals surface area contributed by atoms with Crippen LogP contribution >= 0.6 is 0 Å². The van der Waals surface area contributed by atoms with Gasteiger partial charge < -0.3 is 20.0 Å². The van der Waals surface area contributed by atoms with Crippen molar-refractivity contribution in [1.29, 1.82) is 0 Å². The number of carbonyl (C=O) groups is 1. The lowest BCUT2D eigenvalue weighted by molar-refractivity contribution is 0.0782. The third-order valence-electron chi connectivity index (χ3n) is 5.34. The first-order chi connectivity index (χ1) is 15.9. The third kappa shape index (κ3) is 4.35. The van der Waals surface area contributed by atoms with E-state index in [1.54, 1.807) is 37.4 Å². The average Bonchev–Trinajstić information content (AvgIpc) is 3.29. The molecule has 170 valence electrons. The fraction of sp³-hybridized carbons (Fsp3) is 0.208. The van der Waals surface area contributed by atoms with Crippen LogP contribution < -0.4 is 4.74 Å². The van der Waals surface area contributed by atoms with Gasteiger partial charge in [-0.05, 0) is 42.8 Å². The maximum absolute atomic E-state index is 13.7. The normalized spacial score (nSPS) is 11.0. The molecule has 2 aromatic rings. The predicted molar refractivity (Wildman–Crippen MR) is 119 cm³/mol. The van der Waals surface area contributed by atoms with Crippen molar-refractivity contribution in [2.75, 3.05) is 13.7 Å². The molecule has 9 heteroatoms. The Kier molecular flexibility index (Phi) is 6.23. The number of fused-ring (bicyclic) bond motifs is 1. The molecule has 0 bridgehead atoms. The summed E-state index contributed by atoms with van der Waals surface area (Å²) in [4.78, 5) is 14.6. The van der Waals surface area contributed by atoms with E-state index < -0.39 is 0 Å². The number of nitrogens with zero attached hydrogens (tertiary/aromatic N) is 4. The summed E-state index contributed by atoms with van der Waals surface area (Å²) in [6.45, 7) is 1.99. The second-order valence-electron chi connectivity index (χ2n) is 7.53. The van der Waals surface area contributed by atoms with Crippen molar-refractivity contribution in [2.45, 2.75) is 20.1 Å². The van der Waals surface area contributed by atoms with E-state index >= 15 is 0 Å². The Morgan fingerprint density at radius 2 is 2.03 bits per heavy atom. The van der Waals surface area contributed by atoms with E-state index in [0.29, 0.717) is 45.9 Å². The Hall–Kier alpha value is -3.98. The van der Waals surface area contributed by atoms with Crippen LogP contribution in [0.3, 0.4) is 0 Å². The number of carbonyl (C=O) groups excluding carboxylic acids is 1. The number of hydrogen-bond donors (Lipinski definition) is 2. The van der Waals surface area contributed by atoms with Gasteiger partial charge >= 0.3 is 0 Å². The summed E-state index contributed by atoms with van der Waals surface area (Å²) in [6.07, 6.45) is 2.86. The molecule has 0 aromatic heterocycles. The van der Waals surface area contributed by atoms with E-state index in [4.69, 9.17) is 4.74 Å². The summed E-state index contributed by atoms with van der Waals surface area (Å²) in [5.74, 6) is -0.151. The second-order valence-corrected chi connectivity index (χ2v) is 7.53. The van der Waals surface area contributed by atoms with E-state index in [2.05, 4.69) is 10.2 Å². The molecule has 0 fully saturated rings. The lowest BCUT2D eigenvalue weighted by atomic mass is 10.0. The van der Waals surface area contributed by atoms with Crippen LogP contribution in [0.2, 0.25) is 0 Å². The Labute approximate surface area is 189 Å². The number of halogens is 1. The molecule has 0 saturated carbocycles. The van der Waals surface area contributed by atoms with Gasteiger partial charge in [-0.3, -0.25) is 4.79 Å². The number of aromatic nitrogens is 3. The molecule has 0 unspecified atom stereocenters. The molecule has 1 amide bonds. The van der Waals surface area contributed by atoms with Gasteiger partial charge in [0.25, 0.3) is 5.91 Å². The van der Waals surface area contributed by atoms with Gasteiger partial charge in [-0.15, -0.1) is 5.10 Å². The zero-order chi connectivity index (χ0) is 23.5. The first kappa shape index (κ1) is 22.2. The Balaban J connectivity index is 1.62. The Morgan fingerprint density at radius 1 is 1.21 bits per heavy atom. The number of aliphatic hydroxyl groups excluding tert-OH is 1. The van der Waals surface area contributed by atoms with Crippen LogP contribution in [-0.2, 0) is 13.2 Å². The summed E-state index contributed by atoms with van der Waals surface area (Å²) >= 11 is 0. The zero-order valence-electron chi connectivity index (χ0n) is 18.2. The van der Waals surface area contributed by atoms with Crippen molar-refractivity contribution < 1.29 is 24.2 Å². The van der Waals surface area contributed by atoms with Crippen LogP contribution in [0.5, 0.6) is 5.75 Å². The number of ether oxygens (including phenoxy) is 1. The van der Waals surface area contributed by atoms with Crippen LogP contribution in [-0.4, -0.2) is 49.7 Å². The van der Waals surface area contributed by atoms with Crippen molar-refractivity contribution in [3.63, 3.8) is 0 Å². The number of rotatable bonds is 7. The maximum atomic E-state index is 13.7. The number of benzene rings is 2. The fourth-order valence-corrected chi connectivity index (χ4v) is 3.76. The highest BCUT2D eigenvalue weighted by Gasteiger charge is 2.22. The van der Waals surface area contributed by atoms with Crippen molar-refractivity contribution in [3.8, 4) is 28.1 Å². The topological polar surface area (TPSA) is 101 Å². The molecule has 4 rings (SSSR count). The van der Waals surface area contributed by atoms with E-state index in [1.165, 1.54) is 29.4 Å². The van der Waals surface area contributed by atoms with Crippen LogP contribution in [0.15, 0.2) is 54.9 Å². The SMILES string of the molecule is CCOc1cc(C(=O)N(C)Cc2cn(O)c(CO)c3cnnc2-3)ccc1-c1cccc(F)c1. The van der Waals surface area contributed by atoms with E-state index in [0.717, 1.165) is 4.73 Å². The quantitative estimate of drug-likeness (QED) is 0.418. The van der Waals surface area contributed by atoms with Gasteiger partial charge in [-0.1, -0.05) is 12.1 Å². The molecule has 2 heterocycles. The monoisotopic (exact) mass is 450 g/mol. The summed E-state index contributed by atoms with van der Waals surface area (Å²) < 4.78 is 20.3. The summed E-state index contributed by atoms with van der Waals surface area (Å²) in [5, 5.41) is 27.6. The van der Waals surface area contributed by atoms with Crippen molar-refractivity contribution in [1.82, 2.24) is 19.8 Å². The minimum absolute atomic E-state index is 0.149. The smallest absolute Gasteiger partial charge is 0.254 e. The van der Waals surface area contributed by atoms with Crippen LogP contribution in [0.25, 0.3) is 22.4 Å². The fourth-order valence-electron chi connectivity index (χ4n) is 3.76. The highest BCUT2D eigenvalue weighted by Crippen LogP contribution is 2.32. The number of hydrogen-bond acceptors (Lipinski definition) is 6. The summed E-state index contributed by atoms with van der Waals surface area (Å²) in [5.41, 5.74) is 3.58. The third-order valence-corrected chi connectivity index (χ3v) is 5.34. The highest BCUT2D eigenvalue weighted by atomic mass is 19.1. The van der Waals surface area contributed by atoms with Crippen LogP contribution in [0.4, 0.5) is 4.39 Å². The molecular formula is C24H23FN4O4. The first-order valence-corrected chi connectivity index (χ1v) is 10.4. The summed E-state index contributed by atoms with van der Waals surface area (Å²) in [7, 11) is 1.63. The maximum Gasteiger partial charge on any atom is 0.254 e. The Morgan fingerprint density at radius 3 is 2.76 bits per heavy atom. The molecule has 0 atom stereocenters. The molecule has 2 aliphatic rings. The molecule has 0 saturated heterocycles. The predicted octanol–water partition coefficient (Wildman–Crippen LogP) is 3.59. The Bertz CT molecular complexity index is 1270. The number of aliphatic hydroxyl groups is 1. The molecule has 33 heavy (non-hydrogen) atoms. The molecule has 0 spiro atoms. The van der Waals surface area contributed by atoms with E-state index in [-0.39, 0.29) is 30.6 Å². The average molecular weight is 450 g/mol. The molecule has 2 aliphatic heterocycles. The van der Waals surface area contributed by atoms with Crippen molar-refractivity contribution in [2.24, 2.45) is 0 Å². The molecule has 2 aromatic carbocycles. The van der Waals surface area contributed by atoms with Crippen LogP contribution in [0, 0.1) is 5.82 Å². The van der Waals surface area contributed by atoms with Crippen molar-refractivity contribution >= 4 is 5.91 Å². The number of pyridine rings is 1. The minimum atomic E-state index is -0.382. The van der Waals surface area contributed by atoms with Gasteiger partial charge in [-0.2, -0.15) is 9.83 Å². The largest absolute Gasteiger partial charge is 0.493 e. The van der Waals surface area contributed by atoms with Gasteiger partial charge in [0.1, 0.15) is 17.3 Å². The number of amides is 1. The summed E-state index contributed by atoms with van der Waals surface area (Å²) in [6, 6.07) is 11.2. The van der Waals surface area contributed by atoms with Gasteiger partial charge in [0.05, 0.1) is 31.3 Å². The standard InChI is InChI=1S/C24H23FN4O4/c1-3-33-22-10-16(7-8-19(22)15-5-4-6-18(25)9-15)24(31)28(2)12-17-13-29(32)21(14-30)20-11-26-27-23(17)20/h4-11,13,30,32H,3,12,14H2,1-2H3. The van der Waals surface area contributed by atoms with Crippen molar-refractivity contribution in [3.05, 3.63) is 77.5 Å². The zero-order valence-corrected chi connectivity index (χ0v) is 18.2. The van der Waals surface area contributed by atoms with E-state index in [9.17, 15) is 19.5 Å².